The molecule has 0 aliphatic heterocycles. The number of nitrogens with one attached hydrogen (secondary N) is 7. The number of rotatable bonds is 31. The van der Waals surface area contributed by atoms with Gasteiger partial charge in [-0.25, -0.2) is 4.98 Å². The SMILES string of the molecule is NCCCC[C@H](NC(=O)[C@H](Cc1c[nH]cn1)NC(=O)[C@H](CCC(N)=O)NC(=O)[C@H](CO)NC(=O)[C@H](CO)NC(=O)[C@H](CCC(N)=O)NC(=O)[C@@H](N)CO)C(=O)[C](C(=O)O)C(=O)O. The number of aliphatic carboxylic acids is 2. The zero-order valence-corrected chi connectivity index (χ0v) is 33.2. The number of Topliss-reactive ketones (excluding diaryl/α,β-unsaturated/α-hetero) is 1. The molecular weight excluding hydrogens is 832 g/mol. The molecule has 345 valence electrons. The van der Waals surface area contributed by atoms with E-state index in [0.29, 0.717) is 0 Å². The first-order valence-corrected chi connectivity index (χ1v) is 18.7. The van der Waals surface area contributed by atoms with Crippen molar-refractivity contribution in [1.82, 2.24) is 41.9 Å². The van der Waals surface area contributed by atoms with E-state index >= 15 is 0 Å². The number of carbonyl (C=O) groups is 11. The van der Waals surface area contributed by atoms with Gasteiger partial charge in [0.15, 0.2) is 5.78 Å². The molecule has 1 rings (SSSR count). The van der Waals surface area contributed by atoms with E-state index in [1.807, 2.05) is 5.32 Å². The van der Waals surface area contributed by atoms with Crippen LogP contribution in [0, 0.1) is 5.92 Å². The Morgan fingerprint density at radius 3 is 1.40 bits per heavy atom. The number of hydrogen-bond acceptors (Lipinski definition) is 17. The first-order valence-electron chi connectivity index (χ1n) is 18.7. The molecule has 0 bridgehead atoms. The lowest BCUT2D eigenvalue weighted by Crippen LogP contribution is -2.61. The summed E-state index contributed by atoms with van der Waals surface area (Å²) in [6.07, 6.45) is 0.318. The lowest BCUT2D eigenvalue weighted by molar-refractivity contribution is -0.148. The monoisotopic (exact) mass is 885 g/mol. The molecule has 28 heteroatoms. The van der Waals surface area contributed by atoms with Crippen LogP contribution in [0.15, 0.2) is 12.5 Å². The Morgan fingerprint density at radius 1 is 0.581 bits per heavy atom. The number of carboxylic acid groups (broad SMARTS) is 2. The number of imidazole rings is 1. The van der Waals surface area contributed by atoms with Gasteiger partial charge in [0.25, 0.3) is 5.92 Å². The summed E-state index contributed by atoms with van der Waals surface area (Å²) in [4.78, 5) is 145. The van der Waals surface area contributed by atoms with Crippen molar-refractivity contribution in [2.24, 2.45) is 22.9 Å². The molecule has 0 saturated heterocycles. The van der Waals surface area contributed by atoms with E-state index in [9.17, 15) is 73.2 Å². The Bertz CT molecular complexity index is 1730. The van der Waals surface area contributed by atoms with Crippen molar-refractivity contribution in [3.05, 3.63) is 24.1 Å². The molecule has 28 nitrogen and oxygen atoms in total. The molecule has 0 spiro atoms. The van der Waals surface area contributed by atoms with Crippen molar-refractivity contribution in [1.29, 1.82) is 0 Å². The first-order chi connectivity index (χ1) is 29.2. The molecule has 7 atom stereocenters. The number of aliphatic hydroxyl groups excluding tert-OH is 3. The molecule has 20 N–H and O–H groups in total. The fraction of sp³-hybridized carbons (Fsp3) is 0.559. The Kier molecular flexibility index (Phi) is 23.5. The third-order valence-electron chi connectivity index (χ3n) is 8.64. The van der Waals surface area contributed by atoms with Crippen molar-refractivity contribution in [3.63, 3.8) is 0 Å². The minimum Gasteiger partial charge on any atom is -0.480 e. The number of amides is 8. The Balaban J connectivity index is 3.35. The highest BCUT2D eigenvalue weighted by Crippen LogP contribution is 2.13. The van der Waals surface area contributed by atoms with Crippen LogP contribution in [0.5, 0.6) is 0 Å². The number of aliphatic hydroxyl groups is 3. The zero-order valence-electron chi connectivity index (χ0n) is 33.2. The molecular formula is C34H53N12O16. The number of primary amides is 2. The number of H-pyrrole nitrogens is 1. The van der Waals surface area contributed by atoms with E-state index in [-0.39, 0.29) is 31.5 Å². The van der Waals surface area contributed by atoms with Gasteiger partial charge in [-0.1, -0.05) is 0 Å². The molecule has 0 saturated carbocycles. The van der Waals surface area contributed by atoms with E-state index in [2.05, 4.69) is 36.6 Å². The van der Waals surface area contributed by atoms with Gasteiger partial charge in [0.2, 0.25) is 47.3 Å². The third kappa shape index (κ3) is 18.3. The second kappa shape index (κ2) is 27.3. The topological polar surface area (TPSA) is 494 Å². The molecule has 1 heterocycles. The summed E-state index contributed by atoms with van der Waals surface area (Å²) in [5, 5.41) is 60.8. The number of carboxylic acids is 2. The largest absolute Gasteiger partial charge is 0.480 e. The van der Waals surface area contributed by atoms with Crippen molar-refractivity contribution < 1.29 is 78.3 Å². The van der Waals surface area contributed by atoms with Gasteiger partial charge in [0.05, 0.1) is 37.9 Å². The number of hydrogen-bond donors (Lipinski definition) is 16. The number of aromatic amines is 1. The van der Waals surface area contributed by atoms with Gasteiger partial charge in [-0.2, -0.15) is 0 Å². The number of nitrogens with zero attached hydrogens (tertiary/aromatic N) is 1. The van der Waals surface area contributed by atoms with Gasteiger partial charge in [0, 0.05) is 25.5 Å². The summed E-state index contributed by atoms with van der Waals surface area (Å²) in [7, 11) is 0. The van der Waals surface area contributed by atoms with E-state index in [4.69, 9.17) is 28.0 Å². The number of unbranched alkanes of at least 4 members (excludes halogenated alkanes) is 1. The molecule has 8 amide bonds. The van der Waals surface area contributed by atoms with Crippen molar-refractivity contribution in [2.45, 2.75) is 93.7 Å². The van der Waals surface area contributed by atoms with Crippen molar-refractivity contribution in [2.75, 3.05) is 26.4 Å². The average molecular weight is 886 g/mol. The van der Waals surface area contributed by atoms with Crippen LogP contribution in [-0.4, -0.2) is 169 Å². The van der Waals surface area contributed by atoms with Gasteiger partial charge in [-0.05, 0) is 38.6 Å². The van der Waals surface area contributed by atoms with Crippen molar-refractivity contribution in [3.8, 4) is 0 Å². The normalized spacial score (nSPS) is 14.4. The summed E-state index contributed by atoms with van der Waals surface area (Å²) in [6, 6.07) is -12.0. The second-order valence-corrected chi connectivity index (χ2v) is 13.4. The third-order valence-corrected chi connectivity index (χ3v) is 8.64. The Hall–Kier alpha value is -6.62. The summed E-state index contributed by atoms with van der Waals surface area (Å²) < 4.78 is 0. The molecule has 0 fully saturated rings. The standard InChI is InChI=1S/C34H53N12O16/c35-8-2-1-3-17(26(52)25(33(59)60)34(61)62)41-30(56)20(9-15-10-39-14-40-15)44-28(54)19(5-7-24(38)51)43-31(57)21(12-48)46-32(58)22(13-49)45-29(55)18(4-6-23(37)50)42-27(53)16(36)11-47/h10,14,16-22,47-49H,1-9,11-13,35-36H2,(H2,37,50)(H2,38,51)(H,39,40)(H,41,56)(H,42,53)(H,43,57)(H,44,54)(H,45,55)(H,46,58)(H,59,60)(H,61,62)/t16-,17-,18-,19-,20-,21-,22-/m0/s1. The van der Waals surface area contributed by atoms with E-state index in [1.54, 1.807) is 0 Å². The van der Waals surface area contributed by atoms with Crippen LogP contribution in [0.2, 0.25) is 0 Å². The van der Waals surface area contributed by atoms with Crippen LogP contribution in [0.1, 0.15) is 50.6 Å². The van der Waals surface area contributed by atoms with Gasteiger partial charge < -0.3 is 85.4 Å². The minimum atomic E-state index is -2.08. The van der Waals surface area contributed by atoms with Crippen LogP contribution in [0.25, 0.3) is 0 Å². The predicted molar refractivity (Wildman–Crippen MR) is 206 cm³/mol. The average Bonchev–Trinajstić information content (AvgIpc) is 3.73. The number of nitrogens with two attached hydrogens (primary N) is 4. The van der Waals surface area contributed by atoms with Crippen LogP contribution in [-0.2, 0) is 59.2 Å². The summed E-state index contributed by atoms with van der Waals surface area (Å²) in [6.45, 7) is -2.99. The maximum Gasteiger partial charge on any atom is 0.331 e. The number of carbonyl (C=O) groups excluding carboxylic acids is 9. The van der Waals surface area contributed by atoms with E-state index in [1.165, 1.54) is 12.5 Å². The molecule has 0 unspecified atom stereocenters. The lowest BCUT2D eigenvalue weighted by atomic mass is 9.94. The maximum absolute atomic E-state index is 13.7. The second-order valence-electron chi connectivity index (χ2n) is 13.4. The molecule has 1 radical (unpaired) electrons. The molecule has 62 heavy (non-hydrogen) atoms. The summed E-state index contributed by atoms with van der Waals surface area (Å²) in [5.41, 5.74) is 21.5. The number of ketones is 1. The Morgan fingerprint density at radius 2 is 1.00 bits per heavy atom. The van der Waals surface area contributed by atoms with Gasteiger partial charge in [-0.15, -0.1) is 0 Å². The maximum atomic E-state index is 13.7. The Labute approximate surface area is 352 Å². The number of aromatic nitrogens is 2. The van der Waals surface area contributed by atoms with Crippen molar-refractivity contribution >= 4 is 65.0 Å². The quantitative estimate of drug-likeness (QED) is 0.0243. The van der Waals surface area contributed by atoms with Gasteiger partial charge in [-0.3, -0.25) is 52.7 Å². The lowest BCUT2D eigenvalue weighted by Gasteiger charge is -2.27. The van der Waals surface area contributed by atoms with E-state index in [0.717, 1.165) is 0 Å². The van der Waals surface area contributed by atoms with Crippen LogP contribution in [0.3, 0.4) is 0 Å². The molecule has 1 aromatic rings. The van der Waals surface area contributed by atoms with Gasteiger partial charge in [0.1, 0.15) is 36.3 Å². The zero-order chi connectivity index (χ0) is 47.1. The minimum absolute atomic E-state index is 0.127. The molecule has 0 aliphatic rings. The van der Waals surface area contributed by atoms with E-state index < -0.39 is 165 Å². The smallest absolute Gasteiger partial charge is 0.331 e. The summed E-state index contributed by atoms with van der Waals surface area (Å²) in [5.74, 6) is -16.1. The highest BCUT2D eigenvalue weighted by Gasteiger charge is 2.41. The van der Waals surface area contributed by atoms with Crippen LogP contribution in [0.4, 0.5) is 0 Å². The molecule has 1 aromatic heterocycles. The van der Waals surface area contributed by atoms with Crippen LogP contribution >= 0.6 is 0 Å². The van der Waals surface area contributed by atoms with Crippen LogP contribution < -0.4 is 54.8 Å². The fourth-order valence-electron chi connectivity index (χ4n) is 5.28. The van der Waals surface area contributed by atoms with Gasteiger partial charge >= 0.3 is 11.9 Å². The predicted octanol–water partition coefficient (Wildman–Crippen LogP) is -8.86. The first kappa shape index (κ1) is 53.4. The molecule has 0 aromatic carbocycles. The highest BCUT2D eigenvalue weighted by atomic mass is 16.4. The summed E-state index contributed by atoms with van der Waals surface area (Å²) >= 11 is 0. The molecule has 0 aliphatic carbocycles. The fourth-order valence-corrected chi connectivity index (χ4v) is 5.28. The highest BCUT2D eigenvalue weighted by molar-refractivity contribution is 6.31.